The molecule has 1 atom stereocenters. The summed E-state index contributed by atoms with van der Waals surface area (Å²) in [5.74, 6) is -0.943. The number of aromatic amines is 1. The minimum absolute atomic E-state index is 0.371. The maximum Gasteiger partial charge on any atom is 0.410 e. The first-order valence-electron chi connectivity index (χ1n) is 8.87. The maximum atomic E-state index is 12.2. The van der Waals surface area contributed by atoms with Gasteiger partial charge in [0.1, 0.15) is 11.6 Å². The lowest BCUT2D eigenvalue weighted by Gasteiger charge is -2.38. The van der Waals surface area contributed by atoms with Crippen LogP contribution in [-0.2, 0) is 9.53 Å². The van der Waals surface area contributed by atoms with E-state index in [1.54, 1.807) is 17.2 Å². The summed E-state index contributed by atoms with van der Waals surface area (Å²) in [5.41, 5.74) is 0.878. The maximum absolute atomic E-state index is 12.2. The standard InChI is InChI=1S/C19H24ClN3O4/c1-19(2,3)27-18(26)23-9-7-22(8-10-23)16(17(24)25)12-11-21-14-6-4-5-13(20)15(12)14/h4-6,11,16,21H,7-10H2,1-3H3,(H,24,25)/t16-/m1/s1. The number of piperazine rings is 1. The van der Waals surface area contributed by atoms with Crippen molar-refractivity contribution in [2.24, 2.45) is 0 Å². The van der Waals surface area contributed by atoms with Gasteiger partial charge in [-0.3, -0.25) is 9.69 Å². The number of amides is 1. The van der Waals surface area contributed by atoms with Gasteiger partial charge in [-0.25, -0.2) is 4.79 Å². The Kier molecular flexibility index (Phi) is 5.35. The molecule has 0 saturated carbocycles. The Bertz CT molecular complexity index is 850. The molecule has 0 aliphatic carbocycles. The number of rotatable bonds is 3. The van der Waals surface area contributed by atoms with Crippen LogP contribution in [0.25, 0.3) is 10.9 Å². The van der Waals surface area contributed by atoms with E-state index >= 15 is 0 Å². The van der Waals surface area contributed by atoms with Gasteiger partial charge in [0, 0.05) is 48.8 Å². The normalized spacial score (nSPS) is 17.1. The molecule has 2 N–H and O–H groups in total. The van der Waals surface area contributed by atoms with Gasteiger partial charge in [0.25, 0.3) is 0 Å². The van der Waals surface area contributed by atoms with Crippen molar-refractivity contribution in [2.45, 2.75) is 32.4 Å². The number of nitrogens with one attached hydrogen (secondary N) is 1. The van der Waals surface area contributed by atoms with E-state index in [4.69, 9.17) is 16.3 Å². The van der Waals surface area contributed by atoms with Gasteiger partial charge in [-0.2, -0.15) is 0 Å². The van der Waals surface area contributed by atoms with Crippen molar-refractivity contribution in [1.29, 1.82) is 0 Å². The highest BCUT2D eigenvalue weighted by atomic mass is 35.5. The molecule has 1 amide bonds. The number of benzene rings is 1. The highest BCUT2D eigenvalue weighted by Crippen LogP contribution is 2.34. The second-order valence-electron chi connectivity index (χ2n) is 7.65. The zero-order valence-corrected chi connectivity index (χ0v) is 16.4. The Morgan fingerprint density at radius 1 is 1.22 bits per heavy atom. The monoisotopic (exact) mass is 393 g/mol. The predicted molar refractivity (Wildman–Crippen MR) is 103 cm³/mol. The molecular formula is C19H24ClN3O4. The molecule has 27 heavy (non-hydrogen) atoms. The van der Waals surface area contributed by atoms with Crippen LogP contribution < -0.4 is 0 Å². The molecule has 0 spiro atoms. The first kappa shape index (κ1) is 19.5. The Labute approximate surface area is 162 Å². The summed E-state index contributed by atoms with van der Waals surface area (Å²) in [6.07, 6.45) is 1.33. The Morgan fingerprint density at radius 3 is 2.48 bits per heavy atom. The third kappa shape index (κ3) is 4.20. The van der Waals surface area contributed by atoms with Crippen LogP contribution in [0.4, 0.5) is 4.79 Å². The molecule has 1 aliphatic heterocycles. The van der Waals surface area contributed by atoms with E-state index in [0.29, 0.717) is 36.8 Å². The molecular weight excluding hydrogens is 370 g/mol. The van der Waals surface area contributed by atoms with Crippen LogP contribution in [0.15, 0.2) is 24.4 Å². The van der Waals surface area contributed by atoms with Gasteiger partial charge < -0.3 is 19.7 Å². The zero-order valence-electron chi connectivity index (χ0n) is 15.7. The topological polar surface area (TPSA) is 85.9 Å². The van der Waals surface area contributed by atoms with E-state index in [9.17, 15) is 14.7 Å². The van der Waals surface area contributed by atoms with E-state index in [-0.39, 0.29) is 6.09 Å². The number of H-pyrrole nitrogens is 1. The van der Waals surface area contributed by atoms with Crippen LogP contribution in [0, 0.1) is 0 Å². The van der Waals surface area contributed by atoms with Crippen LogP contribution in [-0.4, -0.2) is 63.7 Å². The lowest BCUT2D eigenvalue weighted by atomic mass is 10.0. The summed E-state index contributed by atoms with van der Waals surface area (Å²) >= 11 is 6.32. The average molecular weight is 394 g/mol. The number of aliphatic carboxylic acids is 1. The number of carboxylic acid groups (broad SMARTS) is 1. The van der Waals surface area contributed by atoms with Gasteiger partial charge in [0.15, 0.2) is 0 Å². The van der Waals surface area contributed by atoms with Crippen molar-refractivity contribution in [2.75, 3.05) is 26.2 Å². The lowest BCUT2D eigenvalue weighted by Crippen LogP contribution is -2.51. The van der Waals surface area contributed by atoms with Gasteiger partial charge in [0.2, 0.25) is 0 Å². The van der Waals surface area contributed by atoms with Crippen LogP contribution in [0.3, 0.4) is 0 Å². The smallest absolute Gasteiger partial charge is 0.410 e. The SMILES string of the molecule is CC(C)(C)OC(=O)N1CCN([C@@H](C(=O)O)c2c[nH]c3cccc(Cl)c23)CC1. The third-order valence-corrected chi connectivity index (χ3v) is 4.86. The van der Waals surface area contributed by atoms with E-state index in [1.807, 2.05) is 37.8 Å². The minimum atomic E-state index is -0.943. The Morgan fingerprint density at radius 2 is 1.89 bits per heavy atom. The lowest BCUT2D eigenvalue weighted by molar-refractivity contribution is -0.144. The third-order valence-electron chi connectivity index (χ3n) is 4.55. The second kappa shape index (κ2) is 7.40. The molecule has 8 heteroatoms. The summed E-state index contributed by atoms with van der Waals surface area (Å²) in [6, 6.07) is 4.60. The number of nitrogens with zero attached hydrogens (tertiary/aromatic N) is 2. The summed E-state index contributed by atoms with van der Waals surface area (Å²) in [5, 5.41) is 11.1. The van der Waals surface area contributed by atoms with Crippen LogP contribution in [0.2, 0.25) is 5.02 Å². The summed E-state index contributed by atoms with van der Waals surface area (Å²) in [4.78, 5) is 30.8. The number of carboxylic acids is 1. The van der Waals surface area contributed by atoms with E-state index in [0.717, 1.165) is 10.9 Å². The molecule has 1 fully saturated rings. The summed E-state index contributed by atoms with van der Waals surface area (Å²) in [6.45, 7) is 7.16. The zero-order chi connectivity index (χ0) is 19.8. The first-order valence-corrected chi connectivity index (χ1v) is 9.25. The van der Waals surface area contributed by atoms with Crippen LogP contribution in [0.5, 0.6) is 0 Å². The fraction of sp³-hybridized carbons (Fsp3) is 0.474. The van der Waals surface area contributed by atoms with E-state index < -0.39 is 17.6 Å². The van der Waals surface area contributed by atoms with Gasteiger partial charge in [-0.1, -0.05) is 17.7 Å². The number of carbonyl (C=O) groups excluding carboxylic acids is 1. The highest BCUT2D eigenvalue weighted by Gasteiger charge is 2.34. The summed E-state index contributed by atoms with van der Waals surface area (Å²) < 4.78 is 5.40. The Hall–Kier alpha value is -2.25. The Balaban J connectivity index is 1.78. The number of aromatic nitrogens is 1. The number of hydrogen-bond donors (Lipinski definition) is 2. The van der Waals surface area contributed by atoms with Gasteiger partial charge >= 0.3 is 12.1 Å². The molecule has 1 aromatic carbocycles. The van der Waals surface area contributed by atoms with E-state index in [2.05, 4.69) is 4.98 Å². The number of halogens is 1. The molecule has 0 radical (unpaired) electrons. The van der Waals surface area contributed by atoms with Gasteiger partial charge in [-0.15, -0.1) is 0 Å². The van der Waals surface area contributed by atoms with Gasteiger partial charge in [-0.05, 0) is 32.9 Å². The molecule has 1 saturated heterocycles. The largest absolute Gasteiger partial charge is 0.480 e. The number of fused-ring (bicyclic) bond motifs is 1. The highest BCUT2D eigenvalue weighted by molar-refractivity contribution is 6.35. The molecule has 1 aliphatic rings. The molecule has 1 aromatic heterocycles. The van der Waals surface area contributed by atoms with Crippen molar-refractivity contribution in [1.82, 2.24) is 14.8 Å². The van der Waals surface area contributed by atoms with E-state index in [1.165, 1.54) is 0 Å². The molecule has 0 bridgehead atoms. The van der Waals surface area contributed by atoms with Gasteiger partial charge in [0.05, 0.1) is 5.02 Å². The number of carbonyl (C=O) groups is 2. The minimum Gasteiger partial charge on any atom is -0.480 e. The van der Waals surface area contributed by atoms with Crippen molar-refractivity contribution in [3.8, 4) is 0 Å². The first-order chi connectivity index (χ1) is 12.7. The molecule has 0 unspecified atom stereocenters. The predicted octanol–water partition coefficient (Wildman–Crippen LogP) is 3.50. The van der Waals surface area contributed by atoms with Crippen molar-refractivity contribution in [3.63, 3.8) is 0 Å². The molecule has 7 nitrogen and oxygen atoms in total. The summed E-state index contributed by atoms with van der Waals surface area (Å²) in [7, 11) is 0. The molecule has 146 valence electrons. The van der Waals surface area contributed by atoms with Crippen molar-refractivity contribution in [3.05, 3.63) is 35.0 Å². The fourth-order valence-electron chi connectivity index (χ4n) is 3.36. The van der Waals surface area contributed by atoms with Crippen molar-refractivity contribution >= 4 is 34.6 Å². The molecule has 2 heterocycles. The quantitative estimate of drug-likeness (QED) is 0.833. The number of hydrogen-bond acceptors (Lipinski definition) is 4. The van der Waals surface area contributed by atoms with Crippen LogP contribution in [0.1, 0.15) is 32.4 Å². The number of ether oxygens (including phenoxy) is 1. The molecule has 3 rings (SSSR count). The van der Waals surface area contributed by atoms with Crippen molar-refractivity contribution < 1.29 is 19.4 Å². The molecule has 2 aromatic rings. The van der Waals surface area contributed by atoms with Crippen LogP contribution >= 0.6 is 11.6 Å². The second-order valence-corrected chi connectivity index (χ2v) is 8.06. The average Bonchev–Trinajstić information content (AvgIpc) is 2.99. The fourth-order valence-corrected chi connectivity index (χ4v) is 3.64.